The van der Waals surface area contributed by atoms with Crippen molar-refractivity contribution in [2.45, 2.75) is 6.92 Å². The van der Waals surface area contributed by atoms with Crippen molar-refractivity contribution >= 4 is 57.8 Å². The number of nitrogens with zero attached hydrogens (tertiary/aromatic N) is 1. The number of hydrogen-bond acceptors (Lipinski definition) is 6. The van der Waals surface area contributed by atoms with Gasteiger partial charge in [-0.2, -0.15) is 0 Å². The zero-order valence-electron chi connectivity index (χ0n) is 15.2. The standard InChI is InChI=1S/C20H16N2O5S2/c1-11-4-2-3-5-12(11)8-16-18(25)22(20(28)29-16)10-17(24)21-13-6-7-14(19(26)27)15(23)9-13/h2-9,23H,10H2,1H3,(H,21,24)(H,26,27)/b16-8-. The summed E-state index contributed by atoms with van der Waals surface area (Å²) in [5.41, 5.74) is 1.84. The van der Waals surface area contributed by atoms with Gasteiger partial charge in [0.05, 0.1) is 4.91 Å². The molecule has 1 heterocycles. The number of thioether (sulfide) groups is 1. The molecule has 2 aromatic rings. The van der Waals surface area contributed by atoms with Gasteiger partial charge in [-0.15, -0.1) is 0 Å². The molecule has 0 aliphatic carbocycles. The van der Waals surface area contributed by atoms with Crippen molar-refractivity contribution in [2.24, 2.45) is 0 Å². The fraction of sp³-hybridized carbons (Fsp3) is 0.100. The molecule has 3 N–H and O–H groups in total. The quantitative estimate of drug-likeness (QED) is 0.496. The first-order valence-electron chi connectivity index (χ1n) is 8.43. The van der Waals surface area contributed by atoms with E-state index in [0.717, 1.165) is 29.0 Å². The number of anilines is 1. The molecular weight excluding hydrogens is 412 g/mol. The van der Waals surface area contributed by atoms with Gasteiger partial charge in [0, 0.05) is 11.8 Å². The highest BCUT2D eigenvalue weighted by Gasteiger charge is 2.33. The van der Waals surface area contributed by atoms with Crippen molar-refractivity contribution in [1.82, 2.24) is 4.90 Å². The molecule has 0 aromatic heterocycles. The Morgan fingerprint density at radius 3 is 2.62 bits per heavy atom. The average Bonchev–Trinajstić information content (AvgIpc) is 2.91. The molecule has 3 rings (SSSR count). The van der Waals surface area contributed by atoms with E-state index in [0.29, 0.717) is 4.91 Å². The summed E-state index contributed by atoms with van der Waals surface area (Å²) in [6, 6.07) is 11.3. The maximum absolute atomic E-state index is 12.7. The number of aryl methyl sites for hydroxylation is 1. The van der Waals surface area contributed by atoms with Crippen molar-refractivity contribution in [2.75, 3.05) is 11.9 Å². The predicted molar refractivity (Wildman–Crippen MR) is 115 cm³/mol. The van der Waals surface area contributed by atoms with E-state index >= 15 is 0 Å². The van der Waals surface area contributed by atoms with Gasteiger partial charge in [-0.25, -0.2) is 4.79 Å². The van der Waals surface area contributed by atoms with Crippen LogP contribution in [0.5, 0.6) is 5.75 Å². The number of carbonyl (C=O) groups is 3. The molecule has 29 heavy (non-hydrogen) atoms. The number of phenols is 1. The fourth-order valence-electron chi connectivity index (χ4n) is 2.66. The number of rotatable bonds is 5. The van der Waals surface area contributed by atoms with Crippen LogP contribution in [0, 0.1) is 6.92 Å². The number of carbonyl (C=O) groups excluding carboxylic acids is 2. The minimum absolute atomic E-state index is 0.207. The van der Waals surface area contributed by atoms with E-state index in [2.05, 4.69) is 5.32 Å². The number of carboxylic acid groups (broad SMARTS) is 1. The zero-order chi connectivity index (χ0) is 21.1. The number of amides is 2. The number of nitrogens with one attached hydrogen (secondary N) is 1. The van der Waals surface area contributed by atoms with E-state index < -0.39 is 17.6 Å². The van der Waals surface area contributed by atoms with Gasteiger partial charge in [0.1, 0.15) is 22.2 Å². The van der Waals surface area contributed by atoms with Crippen LogP contribution in [0.3, 0.4) is 0 Å². The molecule has 9 heteroatoms. The monoisotopic (exact) mass is 428 g/mol. The van der Waals surface area contributed by atoms with Crippen molar-refractivity contribution in [3.8, 4) is 5.75 Å². The molecule has 0 bridgehead atoms. The van der Waals surface area contributed by atoms with Gasteiger partial charge >= 0.3 is 5.97 Å². The summed E-state index contributed by atoms with van der Waals surface area (Å²) >= 11 is 6.36. The van der Waals surface area contributed by atoms with Crippen molar-refractivity contribution < 1.29 is 24.6 Å². The van der Waals surface area contributed by atoms with Crippen LogP contribution in [0.25, 0.3) is 6.08 Å². The summed E-state index contributed by atoms with van der Waals surface area (Å²) in [6.07, 6.45) is 1.75. The molecule has 1 aliphatic heterocycles. The van der Waals surface area contributed by atoms with Crippen LogP contribution in [-0.2, 0) is 9.59 Å². The average molecular weight is 428 g/mol. The second kappa shape index (κ2) is 8.46. The number of aromatic hydroxyl groups is 1. The first-order chi connectivity index (χ1) is 13.8. The molecule has 2 aromatic carbocycles. The summed E-state index contributed by atoms with van der Waals surface area (Å²) in [4.78, 5) is 37.5. The van der Waals surface area contributed by atoms with Crippen LogP contribution in [0.2, 0.25) is 0 Å². The maximum Gasteiger partial charge on any atom is 0.339 e. The molecule has 0 unspecified atom stereocenters. The number of aromatic carboxylic acids is 1. The third-order valence-electron chi connectivity index (χ3n) is 4.16. The van der Waals surface area contributed by atoms with Gasteiger partial charge < -0.3 is 15.5 Å². The number of benzene rings is 2. The normalized spacial score (nSPS) is 15.1. The zero-order valence-corrected chi connectivity index (χ0v) is 16.8. The van der Waals surface area contributed by atoms with Crippen LogP contribution in [-0.4, -0.2) is 43.8 Å². The Bertz CT molecular complexity index is 1060. The first-order valence-corrected chi connectivity index (χ1v) is 9.66. The van der Waals surface area contributed by atoms with Crippen molar-refractivity contribution in [1.29, 1.82) is 0 Å². The minimum atomic E-state index is -1.28. The SMILES string of the molecule is Cc1ccccc1/C=C1\SC(=S)N(CC(=O)Nc2ccc(C(=O)O)c(O)c2)C1=O. The molecule has 0 saturated carbocycles. The van der Waals surface area contributed by atoms with E-state index in [4.69, 9.17) is 17.3 Å². The molecule has 1 saturated heterocycles. The van der Waals surface area contributed by atoms with E-state index in [-0.39, 0.29) is 28.0 Å². The van der Waals surface area contributed by atoms with Crippen LogP contribution < -0.4 is 5.32 Å². The van der Waals surface area contributed by atoms with Gasteiger partial charge in [0.15, 0.2) is 0 Å². The molecule has 0 radical (unpaired) electrons. The minimum Gasteiger partial charge on any atom is -0.507 e. The molecule has 0 atom stereocenters. The molecule has 148 valence electrons. The van der Waals surface area contributed by atoms with Gasteiger partial charge in [0.2, 0.25) is 5.91 Å². The lowest BCUT2D eigenvalue weighted by Gasteiger charge is -2.14. The first kappa shape index (κ1) is 20.6. The predicted octanol–water partition coefficient (Wildman–Crippen LogP) is 3.24. The summed E-state index contributed by atoms with van der Waals surface area (Å²) in [6.45, 7) is 1.64. The highest BCUT2D eigenvalue weighted by molar-refractivity contribution is 8.26. The van der Waals surface area contributed by atoms with Crippen LogP contribution in [0.1, 0.15) is 21.5 Å². The lowest BCUT2D eigenvalue weighted by atomic mass is 10.1. The Labute approximate surface area is 176 Å². The number of hydrogen-bond donors (Lipinski definition) is 3. The molecule has 1 aliphatic rings. The van der Waals surface area contributed by atoms with Crippen molar-refractivity contribution in [3.63, 3.8) is 0 Å². The van der Waals surface area contributed by atoms with Gasteiger partial charge in [-0.3, -0.25) is 14.5 Å². The molecule has 1 fully saturated rings. The summed E-state index contributed by atoms with van der Waals surface area (Å²) in [7, 11) is 0. The third-order valence-corrected chi connectivity index (χ3v) is 5.54. The second-order valence-corrected chi connectivity index (χ2v) is 7.89. The Hall–Kier alpha value is -3.17. The lowest BCUT2D eigenvalue weighted by molar-refractivity contribution is -0.126. The van der Waals surface area contributed by atoms with E-state index in [1.807, 2.05) is 31.2 Å². The summed E-state index contributed by atoms with van der Waals surface area (Å²) in [5, 5.41) is 21.1. The second-order valence-electron chi connectivity index (χ2n) is 6.21. The Morgan fingerprint density at radius 1 is 1.24 bits per heavy atom. The topological polar surface area (TPSA) is 107 Å². The van der Waals surface area contributed by atoms with Gasteiger partial charge in [0.25, 0.3) is 5.91 Å². The Balaban J connectivity index is 1.70. The van der Waals surface area contributed by atoms with Gasteiger partial charge in [-0.05, 0) is 36.3 Å². The van der Waals surface area contributed by atoms with Crippen LogP contribution in [0.15, 0.2) is 47.4 Å². The van der Waals surface area contributed by atoms with Crippen LogP contribution >= 0.6 is 24.0 Å². The van der Waals surface area contributed by atoms with Gasteiger partial charge in [-0.1, -0.05) is 48.2 Å². The molecular formula is C20H16N2O5S2. The van der Waals surface area contributed by atoms with E-state index in [1.165, 1.54) is 17.0 Å². The molecule has 7 nitrogen and oxygen atoms in total. The highest BCUT2D eigenvalue weighted by Crippen LogP contribution is 2.33. The van der Waals surface area contributed by atoms with E-state index in [1.54, 1.807) is 6.08 Å². The number of thiocarbonyl (C=S) groups is 1. The largest absolute Gasteiger partial charge is 0.507 e. The Morgan fingerprint density at radius 2 is 1.97 bits per heavy atom. The fourth-order valence-corrected chi connectivity index (χ4v) is 3.91. The van der Waals surface area contributed by atoms with Crippen LogP contribution in [0.4, 0.5) is 5.69 Å². The Kier molecular flexibility index (Phi) is 6.00. The molecule has 2 amide bonds. The van der Waals surface area contributed by atoms with E-state index in [9.17, 15) is 19.5 Å². The smallest absolute Gasteiger partial charge is 0.339 e. The summed E-state index contributed by atoms with van der Waals surface area (Å²) < 4.78 is 0.272. The van der Waals surface area contributed by atoms with Crippen molar-refractivity contribution in [3.05, 3.63) is 64.1 Å². The lowest BCUT2D eigenvalue weighted by Crippen LogP contribution is -2.36. The molecule has 0 spiro atoms. The highest BCUT2D eigenvalue weighted by atomic mass is 32.2. The summed E-state index contributed by atoms with van der Waals surface area (Å²) in [5.74, 6) is -2.64. The number of carboxylic acids is 1. The third kappa shape index (κ3) is 4.64. The maximum atomic E-state index is 12.7.